The number of esters is 1. The van der Waals surface area contributed by atoms with E-state index in [9.17, 15) is 4.79 Å². The van der Waals surface area contributed by atoms with Gasteiger partial charge in [-0.1, -0.05) is 42.5 Å². The normalized spacial score (nSPS) is 35.6. The van der Waals surface area contributed by atoms with Gasteiger partial charge in [-0.2, -0.15) is 0 Å². The summed E-state index contributed by atoms with van der Waals surface area (Å²) < 4.78 is 11.3. The van der Waals surface area contributed by atoms with Crippen molar-refractivity contribution >= 4 is 5.97 Å². The van der Waals surface area contributed by atoms with Gasteiger partial charge in [-0.25, -0.2) is 0 Å². The van der Waals surface area contributed by atoms with Crippen LogP contribution < -0.4 is 0 Å². The first-order chi connectivity index (χ1) is 9.01. The summed E-state index contributed by atoms with van der Waals surface area (Å²) in [5.74, 6) is -0.370. The molecule has 19 heavy (non-hydrogen) atoms. The molecule has 2 aliphatic heterocycles. The van der Waals surface area contributed by atoms with Gasteiger partial charge in [-0.05, 0) is 25.8 Å². The second kappa shape index (κ2) is 4.20. The van der Waals surface area contributed by atoms with Crippen molar-refractivity contribution in [2.75, 3.05) is 0 Å². The topological polar surface area (TPSA) is 35.5 Å². The fourth-order valence-corrected chi connectivity index (χ4v) is 2.96. The molecule has 3 unspecified atom stereocenters. The first kappa shape index (κ1) is 12.4. The molecule has 3 nitrogen and oxygen atoms in total. The van der Waals surface area contributed by atoms with Gasteiger partial charge in [-0.3, -0.25) is 4.79 Å². The van der Waals surface area contributed by atoms with Crippen LogP contribution in [0.5, 0.6) is 0 Å². The smallest absolute Gasteiger partial charge is 0.312 e. The van der Waals surface area contributed by atoms with Gasteiger partial charge in [0.15, 0.2) is 0 Å². The second-order valence-corrected chi connectivity index (χ2v) is 5.78. The van der Waals surface area contributed by atoms with E-state index in [0.29, 0.717) is 13.0 Å². The van der Waals surface area contributed by atoms with E-state index >= 15 is 0 Å². The van der Waals surface area contributed by atoms with E-state index in [4.69, 9.17) is 9.47 Å². The van der Waals surface area contributed by atoms with Crippen molar-refractivity contribution in [2.45, 2.75) is 38.1 Å². The number of ether oxygens (including phenoxy) is 2. The van der Waals surface area contributed by atoms with Crippen LogP contribution in [0, 0.1) is 5.92 Å². The fourth-order valence-electron chi connectivity index (χ4n) is 2.96. The van der Waals surface area contributed by atoms with Gasteiger partial charge in [0.2, 0.25) is 0 Å². The summed E-state index contributed by atoms with van der Waals surface area (Å²) in [6, 6.07) is 9.73. The lowest BCUT2D eigenvalue weighted by Gasteiger charge is -2.24. The summed E-state index contributed by atoms with van der Waals surface area (Å²) in [4.78, 5) is 12.2. The van der Waals surface area contributed by atoms with Gasteiger partial charge in [0.25, 0.3) is 0 Å². The summed E-state index contributed by atoms with van der Waals surface area (Å²) in [5.41, 5.74) is 0.208. The number of hydrogen-bond donors (Lipinski definition) is 0. The number of carbonyl (C=O) groups is 1. The van der Waals surface area contributed by atoms with E-state index in [1.807, 2.05) is 56.3 Å². The van der Waals surface area contributed by atoms with Crippen molar-refractivity contribution in [3.8, 4) is 0 Å². The molecule has 0 N–H and O–H groups in total. The molecule has 2 aliphatic rings. The fraction of sp³-hybridized carbons (Fsp3) is 0.438. The van der Waals surface area contributed by atoms with Crippen molar-refractivity contribution < 1.29 is 14.3 Å². The van der Waals surface area contributed by atoms with Crippen LogP contribution in [0.4, 0.5) is 0 Å². The van der Waals surface area contributed by atoms with Gasteiger partial charge >= 0.3 is 5.97 Å². The molecule has 2 heterocycles. The highest BCUT2D eigenvalue weighted by atomic mass is 16.6. The average Bonchev–Trinajstić information content (AvgIpc) is 2.85. The van der Waals surface area contributed by atoms with Crippen LogP contribution in [-0.4, -0.2) is 17.2 Å². The molecule has 0 amide bonds. The Labute approximate surface area is 113 Å². The SMILES string of the molecule is CC12C=CC(C)(O1)C(C(=O)OCc1ccccc1)C2. The van der Waals surface area contributed by atoms with E-state index in [0.717, 1.165) is 5.56 Å². The minimum absolute atomic E-state index is 0.167. The van der Waals surface area contributed by atoms with Gasteiger partial charge in [0.1, 0.15) is 6.61 Å². The van der Waals surface area contributed by atoms with Crippen molar-refractivity contribution in [1.29, 1.82) is 0 Å². The van der Waals surface area contributed by atoms with E-state index < -0.39 is 5.60 Å². The van der Waals surface area contributed by atoms with Crippen LogP contribution >= 0.6 is 0 Å². The minimum atomic E-state index is -0.497. The molecular formula is C16H18O3. The summed E-state index contributed by atoms with van der Waals surface area (Å²) in [5, 5.41) is 0. The summed E-state index contributed by atoms with van der Waals surface area (Å²) in [7, 11) is 0. The standard InChI is InChI=1S/C16H18O3/c1-15-8-9-16(2,19-15)13(10-15)14(17)18-11-12-6-4-3-5-7-12/h3-9,13H,10-11H2,1-2H3. The summed E-state index contributed by atoms with van der Waals surface area (Å²) in [6.45, 7) is 4.29. The van der Waals surface area contributed by atoms with Crippen molar-refractivity contribution in [3.05, 3.63) is 48.0 Å². The minimum Gasteiger partial charge on any atom is -0.461 e. The highest BCUT2D eigenvalue weighted by Gasteiger charge is 2.56. The molecule has 0 saturated carbocycles. The summed E-state index contributed by atoms with van der Waals surface area (Å²) >= 11 is 0. The third-order valence-electron chi connectivity index (χ3n) is 4.03. The molecule has 1 fully saturated rings. The largest absolute Gasteiger partial charge is 0.461 e. The molecule has 3 rings (SSSR count). The maximum atomic E-state index is 12.2. The first-order valence-electron chi connectivity index (χ1n) is 6.62. The third kappa shape index (κ3) is 2.19. The molecule has 0 spiro atoms. The van der Waals surface area contributed by atoms with E-state index in [2.05, 4.69) is 0 Å². The van der Waals surface area contributed by atoms with E-state index in [-0.39, 0.29) is 17.5 Å². The maximum Gasteiger partial charge on any atom is 0.312 e. The number of fused-ring (bicyclic) bond motifs is 2. The van der Waals surface area contributed by atoms with Gasteiger partial charge < -0.3 is 9.47 Å². The molecule has 1 aromatic rings. The van der Waals surface area contributed by atoms with Crippen LogP contribution in [0.15, 0.2) is 42.5 Å². The molecule has 0 aromatic heterocycles. The molecular weight excluding hydrogens is 240 g/mol. The Morgan fingerprint density at radius 2 is 2.05 bits per heavy atom. The molecule has 100 valence electrons. The molecule has 3 atom stereocenters. The van der Waals surface area contributed by atoms with Crippen LogP contribution in [0.3, 0.4) is 0 Å². The molecule has 0 radical (unpaired) electrons. The molecule has 0 aliphatic carbocycles. The van der Waals surface area contributed by atoms with Crippen LogP contribution in [0.1, 0.15) is 25.8 Å². The highest BCUT2D eigenvalue weighted by molar-refractivity contribution is 5.75. The Morgan fingerprint density at radius 1 is 1.32 bits per heavy atom. The first-order valence-corrected chi connectivity index (χ1v) is 6.62. The third-order valence-corrected chi connectivity index (χ3v) is 4.03. The van der Waals surface area contributed by atoms with Gasteiger partial charge in [0.05, 0.1) is 17.1 Å². The Hall–Kier alpha value is -1.61. The zero-order valence-electron chi connectivity index (χ0n) is 11.3. The van der Waals surface area contributed by atoms with E-state index in [1.165, 1.54) is 0 Å². The average molecular weight is 258 g/mol. The Kier molecular flexibility index (Phi) is 2.75. The predicted molar refractivity (Wildman–Crippen MR) is 71.4 cm³/mol. The van der Waals surface area contributed by atoms with Crippen LogP contribution in [-0.2, 0) is 20.9 Å². The highest BCUT2D eigenvalue weighted by Crippen LogP contribution is 2.49. The Morgan fingerprint density at radius 3 is 2.63 bits per heavy atom. The van der Waals surface area contributed by atoms with Gasteiger partial charge in [-0.15, -0.1) is 0 Å². The summed E-state index contributed by atoms with van der Waals surface area (Å²) in [6.07, 6.45) is 4.74. The lowest BCUT2D eigenvalue weighted by molar-refractivity contribution is -0.153. The van der Waals surface area contributed by atoms with Crippen molar-refractivity contribution in [2.24, 2.45) is 5.92 Å². The predicted octanol–water partition coefficient (Wildman–Crippen LogP) is 2.85. The number of hydrogen-bond acceptors (Lipinski definition) is 3. The van der Waals surface area contributed by atoms with Crippen molar-refractivity contribution in [3.63, 3.8) is 0 Å². The Bertz CT molecular complexity index is 522. The van der Waals surface area contributed by atoms with E-state index in [1.54, 1.807) is 0 Å². The van der Waals surface area contributed by atoms with Crippen molar-refractivity contribution in [1.82, 2.24) is 0 Å². The van der Waals surface area contributed by atoms with Gasteiger partial charge in [0, 0.05) is 0 Å². The lowest BCUT2D eigenvalue weighted by atomic mass is 9.80. The molecule has 2 bridgehead atoms. The second-order valence-electron chi connectivity index (χ2n) is 5.78. The Balaban J connectivity index is 1.65. The zero-order valence-corrected chi connectivity index (χ0v) is 11.3. The zero-order chi connectivity index (χ0) is 13.5. The quantitative estimate of drug-likeness (QED) is 0.617. The number of carbonyl (C=O) groups excluding carboxylic acids is 1. The maximum absolute atomic E-state index is 12.2. The lowest BCUT2D eigenvalue weighted by Crippen LogP contribution is -2.35. The van der Waals surface area contributed by atoms with Crippen LogP contribution in [0.25, 0.3) is 0 Å². The molecule has 3 heteroatoms. The monoisotopic (exact) mass is 258 g/mol. The number of rotatable bonds is 3. The molecule has 1 saturated heterocycles. The van der Waals surface area contributed by atoms with Crippen LogP contribution in [0.2, 0.25) is 0 Å². The molecule has 1 aromatic carbocycles. The number of benzene rings is 1.